The fraction of sp³-hybridized carbons (Fsp3) is 0.600. The Morgan fingerprint density at radius 3 is 2.60 bits per heavy atom. The van der Waals surface area contributed by atoms with Gasteiger partial charge in [0.15, 0.2) is 0 Å². The van der Waals surface area contributed by atoms with Gasteiger partial charge in [-0.1, -0.05) is 13.5 Å². The second-order valence-corrected chi connectivity index (χ2v) is 3.10. The van der Waals surface area contributed by atoms with E-state index in [2.05, 4.69) is 6.58 Å². The summed E-state index contributed by atoms with van der Waals surface area (Å²) in [5.41, 5.74) is 0.316. The van der Waals surface area contributed by atoms with E-state index in [-0.39, 0.29) is 6.10 Å². The molecule has 0 aromatic rings. The maximum atomic E-state index is 11.2. The van der Waals surface area contributed by atoms with Gasteiger partial charge >= 0.3 is 13.3 Å². The predicted molar refractivity (Wildman–Crippen MR) is 58.8 cm³/mol. The van der Waals surface area contributed by atoms with Crippen molar-refractivity contribution in [3.05, 3.63) is 18.6 Å². The third kappa shape index (κ3) is 6.31. The van der Waals surface area contributed by atoms with Gasteiger partial charge in [0.2, 0.25) is 0 Å². The van der Waals surface area contributed by atoms with E-state index in [0.29, 0.717) is 12.2 Å². The minimum atomic E-state index is -0.967. The summed E-state index contributed by atoms with van der Waals surface area (Å²) in [5, 5.41) is 0. The van der Waals surface area contributed by atoms with Gasteiger partial charge in [0.1, 0.15) is 0 Å². The number of carbonyl (C=O) groups excluding carboxylic acids is 1. The second kappa shape index (κ2) is 7.48. The summed E-state index contributed by atoms with van der Waals surface area (Å²) in [5.74, 6) is -0.517. The van der Waals surface area contributed by atoms with Crippen molar-refractivity contribution in [2.75, 3.05) is 6.61 Å². The van der Waals surface area contributed by atoms with Gasteiger partial charge in [0, 0.05) is 18.3 Å². The highest BCUT2D eigenvalue weighted by atomic mass is 16.7. The van der Waals surface area contributed by atoms with Crippen molar-refractivity contribution >= 4 is 13.3 Å². The Morgan fingerprint density at radius 2 is 2.20 bits per heavy atom. The van der Waals surface area contributed by atoms with Crippen LogP contribution in [0.2, 0.25) is 0 Å². The highest BCUT2D eigenvalue weighted by Crippen LogP contribution is 2.04. The van der Waals surface area contributed by atoms with Crippen LogP contribution in [0.1, 0.15) is 27.7 Å². The molecule has 0 fully saturated rings. The van der Waals surface area contributed by atoms with Crippen LogP contribution in [0.5, 0.6) is 0 Å². The monoisotopic (exact) mass is 213 g/mol. The molecular formula is C10H18BO4. The Kier molecular flexibility index (Phi) is 7.08. The van der Waals surface area contributed by atoms with Gasteiger partial charge < -0.3 is 14.0 Å². The molecule has 0 aromatic heterocycles. The summed E-state index contributed by atoms with van der Waals surface area (Å²) in [6.07, 6.45) is 1.69. The fourth-order valence-corrected chi connectivity index (χ4v) is 0.679. The zero-order valence-electron chi connectivity index (χ0n) is 9.78. The summed E-state index contributed by atoms with van der Waals surface area (Å²) in [4.78, 5) is 11.2. The molecule has 5 heteroatoms. The molecule has 0 amide bonds. The highest BCUT2D eigenvalue weighted by Gasteiger charge is 2.28. The highest BCUT2D eigenvalue weighted by molar-refractivity contribution is 6.39. The lowest BCUT2D eigenvalue weighted by Crippen LogP contribution is -2.33. The van der Waals surface area contributed by atoms with Crippen LogP contribution in [0.15, 0.2) is 12.2 Å². The lowest BCUT2D eigenvalue weighted by Gasteiger charge is -2.16. The maximum Gasteiger partial charge on any atom is 0.715 e. The van der Waals surface area contributed by atoms with Crippen LogP contribution in [-0.4, -0.2) is 26.0 Å². The topological polar surface area (TPSA) is 44.8 Å². The van der Waals surface area contributed by atoms with Gasteiger partial charge in [-0.25, -0.2) is 4.79 Å². The van der Waals surface area contributed by atoms with Crippen molar-refractivity contribution in [1.82, 2.24) is 0 Å². The van der Waals surface area contributed by atoms with Gasteiger partial charge in [0.25, 0.3) is 0 Å². The van der Waals surface area contributed by atoms with Crippen LogP contribution in [0.25, 0.3) is 0 Å². The SMILES string of the molecule is C=C(C)C(=O)OB(OCC)OC(C)[CH]C. The molecule has 4 nitrogen and oxygen atoms in total. The quantitative estimate of drug-likeness (QED) is 0.477. The van der Waals surface area contributed by atoms with Crippen LogP contribution in [0.4, 0.5) is 0 Å². The summed E-state index contributed by atoms with van der Waals surface area (Å²) in [6, 6.07) is 0. The van der Waals surface area contributed by atoms with Gasteiger partial charge in [-0.05, 0) is 27.2 Å². The molecule has 0 bridgehead atoms. The van der Waals surface area contributed by atoms with Gasteiger partial charge in [-0.15, -0.1) is 0 Å². The van der Waals surface area contributed by atoms with E-state index in [0.717, 1.165) is 0 Å². The molecular weight excluding hydrogens is 195 g/mol. The first-order valence-electron chi connectivity index (χ1n) is 4.94. The molecule has 0 spiro atoms. The Balaban J connectivity index is 4.14. The molecule has 85 valence electrons. The molecule has 1 atom stereocenters. The van der Waals surface area contributed by atoms with E-state index < -0.39 is 13.3 Å². The zero-order chi connectivity index (χ0) is 11.8. The smallest absolute Gasteiger partial charge is 0.481 e. The Bertz CT molecular complexity index is 217. The molecule has 15 heavy (non-hydrogen) atoms. The number of carbonyl (C=O) groups is 1. The van der Waals surface area contributed by atoms with Crippen molar-refractivity contribution in [3.63, 3.8) is 0 Å². The molecule has 0 N–H and O–H groups in total. The second-order valence-electron chi connectivity index (χ2n) is 3.10. The maximum absolute atomic E-state index is 11.2. The van der Waals surface area contributed by atoms with E-state index in [9.17, 15) is 4.79 Å². The molecule has 1 radical (unpaired) electrons. The van der Waals surface area contributed by atoms with E-state index in [4.69, 9.17) is 14.0 Å². The summed E-state index contributed by atoms with van der Waals surface area (Å²) in [6.45, 7) is 10.9. The van der Waals surface area contributed by atoms with E-state index in [1.54, 1.807) is 13.8 Å². The molecule has 0 rings (SSSR count). The Labute approximate surface area is 91.8 Å². The molecule has 0 saturated heterocycles. The van der Waals surface area contributed by atoms with Crippen LogP contribution in [0.3, 0.4) is 0 Å². The molecule has 0 aliphatic heterocycles. The number of hydrogen-bond donors (Lipinski definition) is 0. The first-order chi connectivity index (χ1) is 7.01. The van der Waals surface area contributed by atoms with Gasteiger partial charge in [0.05, 0.1) is 0 Å². The molecule has 0 aromatic carbocycles. The van der Waals surface area contributed by atoms with E-state index >= 15 is 0 Å². The van der Waals surface area contributed by atoms with Crippen molar-refractivity contribution in [2.24, 2.45) is 0 Å². The first kappa shape index (κ1) is 14.2. The normalized spacial score (nSPS) is 12.0. The molecule has 0 aliphatic rings. The summed E-state index contributed by atoms with van der Waals surface area (Å²) in [7, 11) is -0.967. The zero-order valence-corrected chi connectivity index (χ0v) is 9.78. The minimum Gasteiger partial charge on any atom is -0.481 e. The van der Waals surface area contributed by atoms with Crippen molar-refractivity contribution in [1.29, 1.82) is 0 Å². The third-order valence-electron chi connectivity index (χ3n) is 1.65. The Morgan fingerprint density at radius 1 is 1.60 bits per heavy atom. The number of rotatable bonds is 7. The van der Waals surface area contributed by atoms with Crippen LogP contribution < -0.4 is 0 Å². The van der Waals surface area contributed by atoms with Crippen LogP contribution >= 0.6 is 0 Å². The molecule has 0 heterocycles. The average Bonchev–Trinajstić information content (AvgIpc) is 2.17. The molecule has 1 unspecified atom stereocenters. The van der Waals surface area contributed by atoms with Crippen LogP contribution in [-0.2, 0) is 18.8 Å². The van der Waals surface area contributed by atoms with Crippen molar-refractivity contribution in [3.8, 4) is 0 Å². The minimum absolute atomic E-state index is 0.139. The fourth-order valence-electron chi connectivity index (χ4n) is 0.679. The summed E-state index contributed by atoms with van der Waals surface area (Å²) >= 11 is 0. The van der Waals surface area contributed by atoms with Crippen molar-refractivity contribution in [2.45, 2.75) is 33.8 Å². The first-order valence-corrected chi connectivity index (χ1v) is 4.94. The third-order valence-corrected chi connectivity index (χ3v) is 1.65. The average molecular weight is 213 g/mol. The van der Waals surface area contributed by atoms with Gasteiger partial charge in [-0.2, -0.15) is 0 Å². The summed E-state index contributed by atoms with van der Waals surface area (Å²) < 4.78 is 15.3. The van der Waals surface area contributed by atoms with Crippen LogP contribution in [0, 0.1) is 6.42 Å². The molecule has 0 aliphatic carbocycles. The molecule has 0 saturated carbocycles. The Hall–Kier alpha value is -0.805. The standard InChI is InChI=1S/C10H18BO4/c1-6-9(5)14-11(13-7-2)15-10(12)8(3)4/h6,9H,3,7H2,1-2,4-5H3. The lowest BCUT2D eigenvalue weighted by atomic mass is 10.2. The predicted octanol–water partition coefficient (Wildman–Crippen LogP) is 1.76. The van der Waals surface area contributed by atoms with E-state index in [1.165, 1.54) is 0 Å². The van der Waals surface area contributed by atoms with Gasteiger partial charge in [-0.3, -0.25) is 0 Å². The lowest BCUT2D eigenvalue weighted by molar-refractivity contribution is -0.133. The van der Waals surface area contributed by atoms with E-state index in [1.807, 2.05) is 20.3 Å². The van der Waals surface area contributed by atoms with Crippen molar-refractivity contribution < 1.29 is 18.8 Å². The number of hydrogen-bond acceptors (Lipinski definition) is 4. The largest absolute Gasteiger partial charge is 0.715 e.